The minimum atomic E-state index is -1.78. The molecule has 3 aliphatic rings. The molecule has 5 aromatic rings. The molecule has 5 nitrogen and oxygen atoms in total. The summed E-state index contributed by atoms with van der Waals surface area (Å²) in [5.41, 5.74) is 1.36. The molecule has 0 amide bonds. The van der Waals surface area contributed by atoms with Crippen molar-refractivity contribution >= 4 is 46.1 Å². The van der Waals surface area contributed by atoms with Gasteiger partial charge in [-0.2, -0.15) is 0 Å². The molecule has 2 spiro atoms. The highest BCUT2D eigenvalue weighted by molar-refractivity contribution is 7.11. The summed E-state index contributed by atoms with van der Waals surface area (Å²) in [4.78, 5) is 49.8. The van der Waals surface area contributed by atoms with E-state index >= 15 is 14.4 Å². The largest absolute Gasteiger partial charge is 0.294 e. The summed E-state index contributed by atoms with van der Waals surface area (Å²) in [7, 11) is 0. The van der Waals surface area contributed by atoms with Crippen LogP contribution in [0, 0.1) is 12.3 Å². The Labute approximate surface area is 276 Å². The van der Waals surface area contributed by atoms with Gasteiger partial charge >= 0.3 is 0 Å². The highest BCUT2D eigenvalue weighted by Gasteiger charge is 2.77. The Hall–Kier alpha value is -4.27. The van der Waals surface area contributed by atoms with Crippen molar-refractivity contribution in [3.63, 3.8) is 0 Å². The van der Waals surface area contributed by atoms with Crippen molar-refractivity contribution < 1.29 is 14.4 Å². The third-order valence-corrected chi connectivity index (χ3v) is 11.7. The molecule has 2 fully saturated rings. The lowest BCUT2D eigenvalue weighted by Gasteiger charge is -2.49. The Morgan fingerprint density at radius 2 is 1.46 bits per heavy atom. The second-order valence-electron chi connectivity index (χ2n) is 12.6. The number of hydrogen-bond acceptors (Lipinski definition) is 7. The molecule has 1 aliphatic carbocycles. The molecule has 3 aromatic carbocycles. The SMILES string of the molecule is Cc1ccc(C2NC3(C(=O)c4ccccc4C3=O)C3(CN(Cc4ccccc4)CC(=Cc4cccs4)C3=O)C2c2cccs2)cc1. The fourth-order valence-corrected chi connectivity index (χ4v) is 9.67. The van der Waals surface area contributed by atoms with Crippen LogP contribution in [0.4, 0.5) is 0 Å². The second kappa shape index (κ2) is 11.2. The van der Waals surface area contributed by atoms with E-state index in [0.29, 0.717) is 29.8 Å². The van der Waals surface area contributed by atoms with Crippen molar-refractivity contribution in [1.82, 2.24) is 10.2 Å². The number of carbonyl (C=O) groups excluding carboxylic acids is 3. The molecule has 46 heavy (non-hydrogen) atoms. The van der Waals surface area contributed by atoms with Gasteiger partial charge in [-0.25, -0.2) is 0 Å². The molecule has 0 bridgehead atoms. The van der Waals surface area contributed by atoms with Crippen LogP contribution in [0.2, 0.25) is 0 Å². The third-order valence-electron chi connectivity index (χ3n) is 9.96. The molecule has 7 heteroatoms. The third kappa shape index (κ3) is 4.30. The molecule has 1 N–H and O–H groups in total. The lowest BCUT2D eigenvalue weighted by atomic mass is 9.56. The average molecular weight is 641 g/mol. The molecule has 0 radical (unpaired) electrons. The number of piperidine rings is 1. The topological polar surface area (TPSA) is 66.5 Å². The molecular weight excluding hydrogens is 609 g/mol. The van der Waals surface area contributed by atoms with Crippen molar-refractivity contribution in [3.8, 4) is 0 Å². The zero-order valence-electron chi connectivity index (χ0n) is 25.3. The van der Waals surface area contributed by atoms with E-state index in [1.54, 1.807) is 46.9 Å². The van der Waals surface area contributed by atoms with Crippen LogP contribution in [-0.4, -0.2) is 40.9 Å². The van der Waals surface area contributed by atoms with Crippen LogP contribution in [0.15, 0.2) is 119 Å². The summed E-state index contributed by atoms with van der Waals surface area (Å²) in [6.07, 6.45) is 1.97. The van der Waals surface area contributed by atoms with Crippen LogP contribution < -0.4 is 5.32 Å². The van der Waals surface area contributed by atoms with Crippen molar-refractivity contribution in [2.75, 3.05) is 13.1 Å². The number of rotatable bonds is 5. The summed E-state index contributed by atoms with van der Waals surface area (Å²) in [6, 6.07) is 33.1. The van der Waals surface area contributed by atoms with Gasteiger partial charge in [-0.15, -0.1) is 22.7 Å². The van der Waals surface area contributed by atoms with E-state index in [1.807, 2.05) is 60.2 Å². The predicted octanol–water partition coefficient (Wildman–Crippen LogP) is 7.52. The normalized spacial score (nSPS) is 24.8. The van der Waals surface area contributed by atoms with Crippen molar-refractivity contribution in [1.29, 1.82) is 0 Å². The van der Waals surface area contributed by atoms with Gasteiger partial charge in [0.1, 0.15) is 0 Å². The van der Waals surface area contributed by atoms with E-state index in [0.717, 1.165) is 26.4 Å². The number of ketones is 3. The number of Topliss-reactive ketones (excluding diaryl/α,β-unsaturated/α-hetero) is 3. The van der Waals surface area contributed by atoms with Crippen LogP contribution in [0.1, 0.15) is 59.1 Å². The molecule has 4 heterocycles. The molecule has 0 saturated carbocycles. The van der Waals surface area contributed by atoms with E-state index in [4.69, 9.17) is 0 Å². The Balaban J connectivity index is 1.41. The maximum absolute atomic E-state index is 15.6. The maximum atomic E-state index is 15.6. The number of nitrogens with one attached hydrogen (secondary N) is 1. The van der Waals surface area contributed by atoms with Gasteiger partial charge in [0.25, 0.3) is 0 Å². The first-order valence-corrected chi connectivity index (χ1v) is 17.3. The molecule has 2 aromatic heterocycles. The van der Waals surface area contributed by atoms with Gasteiger partial charge < -0.3 is 0 Å². The summed E-state index contributed by atoms with van der Waals surface area (Å²) in [5, 5.41) is 7.69. The van der Waals surface area contributed by atoms with Crippen LogP contribution in [0.5, 0.6) is 0 Å². The number of carbonyl (C=O) groups is 3. The number of aryl methyl sites for hydroxylation is 1. The first kappa shape index (κ1) is 29.2. The van der Waals surface area contributed by atoms with Gasteiger partial charge in [0.2, 0.25) is 0 Å². The lowest BCUT2D eigenvalue weighted by Crippen LogP contribution is -2.69. The Bertz CT molecular complexity index is 1950. The van der Waals surface area contributed by atoms with Crippen molar-refractivity contribution in [2.24, 2.45) is 5.41 Å². The highest BCUT2D eigenvalue weighted by atomic mass is 32.1. The zero-order valence-corrected chi connectivity index (χ0v) is 26.9. The summed E-state index contributed by atoms with van der Waals surface area (Å²) >= 11 is 3.15. The zero-order chi connectivity index (χ0) is 31.5. The number of benzene rings is 3. The number of fused-ring (bicyclic) bond motifs is 2. The van der Waals surface area contributed by atoms with E-state index < -0.39 is 22.9 Å². The highest BCUT2D eigenvalue weighted by Crippen LogP contribution is 2.63. The van der Waals surface area contributed by atoms with Crippen LogP contribution in [-0.2, 0) is 11.3 Å². The van der Waals surface area contributed by atoms with Crippen molar-refractivity contribution in [2.45, 2.75) is 31.0 Å². The number of hydrogen-bond donors (Lipinski definition) is 1. The summed E-state index contributed by atoms with van der Waals surface area (Å²) < 4.78 is 0. The first-order chi connectivity index (χ1) is 22.4. The quantitative estimate of drug-likeness (QED) is 0.159. The summed E-state index contributed by atoms with van der Waals surface area (Å²) in [5.74, 6) is -1.22. The lowest BCUT2D eigenvalue weighted by molar-refractivity contribution is -0.131. The minimum Gasteiger partial charge on any atom is -0.294 e. The molecule has 228 valence electrons. The van der Waals surface area contributed by atoms with E-state index in [9.17, 15) is 0 Å². The Morgan fingerprint density at radius 3 is 2.11 bits per heavy atom. The minimum absolute atomic E-state index is 0.125. The van der Waals surface area contributed by atoms with Crippen molar-refractivity contribution in [3.05, 3.63) is 157 Å². The van der Waals surface area contributed by atoms with Crippen LogP contribution in [0.3, 0.4) is 0 Å². The summed E-state index contributed by atoms with van der Waals surface area (Å²) in [6.45, 7) is 3.30. The van der Waals surface area contributed by atoms with Crippen LogP contribution >= 0.6 is 22.7 Å². The number of likely N-dealkylation sites (tertiary alicyclic amines) is 1. The molecule has 8 rings (SSSR count). The van der Waals surface area contributed by atoms with Crippen LogP contribution in [0.25, 0.3) is 6.08 Å². The molecule has 2 saturated heterocycles. The first-order valence-electron chi connectivity index (χ1n) is 15.5. The molecular formula is C39H32N2O3S2. The molecule has 3 unspecified atom stereocenters. The van der Waals surface area contributed by atoms with Gasteiger partial charge in [-0.3, -0.25) is 24.6 Å². The number of nitrogens with zero attached hydrogens (tertiary/aromatic N) is 1. The van der Waals surface area contributed by atoms with Gasteiger partial charge in [0.15, 0.2) is 22.9 Å². The molecule has 2 aliphatic heterocycles. The number of thiophene rings is 2. The van der Waals surface area contributed by atoms with Gasteiger partial charge in [-0.05, 0) is 47.0 Å². The fourth-order valence-electron chi connectivity index (χ4n) is 8.03. The average Bonchev–Trinajstić information content (AvgIpc) is 3.87. The van der Waals surface area contributed by atoms with E-state index in [-0.39, 0.29) is 23.9 Å². The predicted molar refractivity (Wildman–Crippen MR) is 183 cm³/mol. The van der Waals surface area contributed by atoms with Gasteiger partial charge in [-0.1, -0.05) is 96.6 Å². The standard InChI is InChI=1S/C39H32N2O3S2/c1-25-15-17-27(18-16-25)34-33(32-14-8-20-46-32)38(39(40-34)36(43)30-12-5-6-13-31(30)37(39)44)24-41(22-26-9-3-2-4-10-26)23-28(35(38)42)21-29-11-7-19-45-29/h2-21,33-34,40H,22-24H2,1H3. The Kier molecular flexibility index (Phi) is 7.10. The monoisotopic (exact) mass is 640 g/mol. The Morgan fingerprint density at radius 1 is 0.783 bits per heavy atom. The van der Waals surface area contributed by atoms with Gasteiger partial charge in [0, 0.05) is 58.0 Å². The fraction of sp³-hybridized carbons (Fsp3) is 0.205. The molecule has 3 atom stereocenters. The second-order valence-corrected chi connectivity index (χ2v) is 14.6. The maximum Gasteiger partial charge on any atom is 0.192 e. The van der Waals surface area contributed by atoms with Gasteiger partial charge in [0.05, 0.1) is 5.41 Å². The van der Waals surface area contributed by atoms with E-state index in [1.165, 1.54) is 0 Å². The smallest absolute Gasteiger partial charge is 0.192 e. The van der Waals surface area contributed by atoms with E-state index in [2.05, 4.69) is 52.7 Å².